The van der Waals surface area contributed by atoms with E-state index in [1.807, 2.05) is 4.90 Å². The summed E-state index contributed by atoms with van der Waals surface area (Å²) in [7, 11) is -5.42. The van der Waals surface area contributed by atoms with Crippen molar-refractivity contribution in [1.82, 2.24) is 4.98 Å². The Labute approximate surface area is 153 Å². The van der Waals surface area contributed by atoms with Gasteiger partial charge in [0.2, 0.25) is 0 Å². The third-order valence-electron chi connectivity index (χ3n) is 4.12. The van der Waals surface area contributed by atoms with E-state index in [1.165, 1.54) is 18.2 Å². The van der Waals surface area contributed by atoms with Crippen LogP contribution in [0.4, 0.5) is 24.7 Å². The molecular weight excluding hydrogens is 391 g/mol. The Bertz CT molecular complexity index is 898. The van der Waals surface area contributed by atoms with E-state index in [1.54, 1.807) is 23.2 Å². The first-order valence-corrected chi connectivity index (χ1v) is 9.59. The summed E-state index contributed by atoms with van der Waals surface area (Å²) in [4.78, 5) is 7.04. The lowest BCUT2D eigenvalue weighted by atomic mass is 10.2. The van der Waals surface area contributed by atoms with Crippen LogP contribution in [0.2, 0.25) is 5.02 Å². The zero-order valence-corrected chi connectivity index (χ0v) is 15.0. The van der Waals surface area contributed by atoms with Gasteiger partial charge < -0.3 is 9.80 Å². The van der Waals surface area contributed by atoms with Gasteiger partial charge in [0, 0.05) is 32.4 Å². The van der Waals surface area contributed by atoms with Crippen molar-refractivity contribution >= 4 is 32.9 Å². The number of anilines is 2. The molecule has 140 valence electrons. The number of para-hydroxylation sites is 1. The molecule has 0 amide bonds. The Morgan fingerprint density at radius 2 is 1.58 bits per heavy atom. The lowest BCUT2D eigenvalue weighted by Crippen LogP contribution is -2.47. The van der Waals surface area contributed by atoms with E-state index in [-0.39, 0.29) is 5.69 Å². The van der Waals surface area contributed by atoms with Gasteiger partial charge in [-0.05, 0) is 24.3 Å². The molecule has 1 aromatic heterocycles. The molecule has 1 aliphatic rings. The molecule has 0 radical (unpaired) electrons. The van der Waals surface area contributed by atoms with Gasteiger partial charge in [0.15, 0.2) is 0 Å². The van der Waals surface area contributed by atoms with Crippen molar-refractivity contribution < 1.29 is 21.6 Å². The molecule has 1 saturated heterocycles. The first kappa shape index (κ1) is 18.8. The van der Waals surface area contributed by atoms with Gasteiger partial charge in [-0.1, -0.05) is 23.7 Å². The molecular formula is C16H15ClF3N3O2S. The molecule has 0 N–H and O–H groups in total. The SMILES string of the molecule is O=S(=O)(c1ccccc1N1CCN(c2ncccc2Cl)CC1)C(F)(F)F. The Balaban J connectivity index is 1.84. The zero-order valence-electron chi connectivity index (χ0n) is 13.4. The van der Waals surface area contributed by atoms with E-state index in [4.69, 9.17) is 11.6 Å². The van der Waals surface area contributed by atoms with Crippen molar-refractivity contribution in [3.05, 3.63) is 47.6 Å². The third kappa shape index (κ3) is 3.45. The van der Waals surface area contributed by atoms with Gasteiger partial charge in [0.25, 0.3) is 9.84 Å². The monoisotopic (exact) mass is 405 g/mol. The Kier molecular flexibility index (Phi) is 5.03. The first-order valence-electron chi connectivity index (χ1n) is 7.72. The highest BCUT2D eigenvalue weighted by molar-refractivity contribution is 7.92. The molecule has 0 atom stereocenters. The average Bonchev–Trinajstić information content (AvgIpc) is 2.61. The second-order valence-electron chi connectivity index (χ2n) is 5.70. The quantitative estimate of drug-likeness (QED) is 0.783. The topological polar surface area (TPSA) is 53.5 Å². The number of hydrogen-bond acceptors (Lipinski definition) is 5. The molecule has 0 spiro atoms. The van der Waals surface area contributed by atoms with Crippen molar-refractivity contribution in [2.24, 2.45) is 0 Å². The lowest BCUT2D eigenvalue weighted by molar-refractivity contribution is -0.0435. The fraction of sp³-hybridized carbons (Fsp3) is 0.312. The normalized spacial score (nSPS) is 16.0. The van der Waals surface area contributed by atoms with E-state index in [2.05, 4.69) is 4.98 Å². The maximum atomic E-state index is 13.0. The zero-order chi connectivity index (χ0) is 18.9. The molecule has 2 aromatic rings. The number of piperazine rings is 1. The molecule has 0 aliphatic carbocycles. The Morgan fingerprint density at radius 1 is 0.962 bits per heavy atom. The van der Waals surface area contributed by atoms with Crippen molar-refractivity contribution in [3.8, 4) is 0 Å². The molecule has 2 heterocycles. The van der Waals surface area contributed by atoms with Crippen LogP contribution in [-0.2, 0) is 9.84 Å². The molecule has 0 unspecified atom stereocenters. The number of aromatic nitrogens is 1. The van der Waals surface area contributed by atoms with E-state index in [0.717, 1.165) is 6.07 Å². The van der Waals surface area contributed by atoms with Gasteiger partial charge in [0.05, 0.1) is 15.6 Å². The third-order valence-corrected chi connectivity index (χ3v) is 5.95. The van der Waals surface area contributed by atoms with Crippen LogP contribution in [0.3, 0.4) is 0 Å². The minimum Gasteiger partial charge on any atom is -0.367 e. The predicted molar refractivity (Wildman–Crippen MR) is 93.4 cm³/mol. The second kappa shape index (κ2) is 6.96. The average molecular weight is 406 g/mol. The minimum absolute atomic E-state index is 0.0524. The summed E-state index contributed by atoms with van der Waals surface area (Å²) in [6.45, 7) is 1.60. The van der Waals surface area contributed by atoms with Crippen molar-refractivity contribution in [1.29, 1.82) is 0 Å². The maximum absolute atomic E-state index is 13.0. The molecule has 26 heavy (non-hydrogen) atoms. The number of nitrogens with zero attached hydrogens (tertiary/aromatic N) is 3. The minimum atomic E-state index is -5.42. The van der Waals surface area contributed by atoms with Crippen molar-refractivity contribution in [3.63, 3.8) is 0 Å². The van der Waals surface area contributed by atoms with Gasteiger partial charge in [-0.15, -0.1) is 0 Å². The number of benzene rings is 1. The fourth-order valence-corrected chi connectivity index (χ4v) is 4.06. The maximum Gasteiger partial charge on any atom is 0.501 e. The second-order valence-corrected chi connectivity index (χ2v) is 8.02. The Morgan fingerprint density at radius 3 is 2.19 bits per heavy atom. The largest absolute Gasteiger partial charge is 0.501 e. The molecule has 5 nitrogen and oxygen atoms in total. The number of pyridine rings is 1. The van der Waals surface area contributed by atoms with E-state index >= 15 is 0 Å². The number of rotatable bonds is 3. The number of sulfone groups is 1. The lowest BCUT2D eigenvalue weighted by Gasteiger charge is -2.37. The van der Waals surface area contributed by atoms with Crippen LogP contribution in [0.1, 0.15) is 0 Å². The van der Waals surface area contributed by atoms with Gasteiger partial charge in [-0.3, -0.25) is 0 Å². The molecule has 1 aliphatic heterocycles. The smallest absolute Gasteiger partial charge is 0.367 e. The highest BCUT2D eigenvalue weighted by Crippen LogP contribution is 2.36. The van der Waals surface area contributed by atoms with Crippen LogP contribution in [0.25, 0.3) is 0 Å². The summed E-state index contributed by atoms with van der Waals surface area (Å²) in [6, 6.07) is 8.60. The summed E-state index contributed by atoms with van der Waals surface area (Å²) < 4.78 is 62.6. The Hall–Kier alpha value is -2.00. The van der Waals surface area contributed by atoms with Gasteiger partial charge >= 0.3 is 5.51 Å². The molecule has 0 saturated carbocycles. The standard InChI is InChI=1S/C16H15ClF3N3O2S/c17-12-4-3-7-21-15(12)23-10-8-22(9-11-23)13-5-1-2-6-14(13)26(24,25)16(18,19)20/h1-7H,8-11H2. The van der Waals surface area contributed by atoms with Gasteiger partial charge in [-0.25, -0.2) is 13.4 Å². The molecule has 0 bridgehead atoms. The predicted octanol–water partition coefficient (Wildman–Crippen LogP) is 3.36. The number of hydrogen-bond donors (Lipinski definition) is 0. The fourth-order valence-electron chi connectivity index (χ4n) is 2.84. The van der Waals surface area contributed by atoms with Crippen molar-refractivity contribution in [2.75, 3.05) is 36.0 Å². The summed E-state index contributed by atoms with van der Waals surface area (Å²) in [5.74, 6) is 0.602. The molecule has 1 fully saturated rings. The van der Waals surface area contributed by atoms with Crippen LogP contribution in [0.15, 0.2) is 47.5 Å². The van der Waals surface area contributed by atoms with E-state index in [9.17, 15) is 21.6 Å². The van der Waals surface area contributed by atoms with E-state index in [0.29, 0.717) is 37.0 Å². The van der Waals surface area contributed by atoms with E-state index < -0.39 is 20.2 Å². The number of alkyl halides is 3. The van der Waals surface area contributed by atoms with Crippen LogP contribution < -0.4 is 9.80 Å². The van der Waals surface area contributed by atoms with Crippen molar-refractivity contribution in [2.45, 2.75) is 10.4 Å². The summed E-state index contributed by atoms with van der Waals surface area (Å²) in [5.41, 5.74) is -5.29. The summed E-state index contributed by atoms with van der Waals surface area (Å²) in [5, 5.41) is 0.487. The summed E-state index contributed by atoms with van der Waals surface area (Å²) >= 11 is 6.12. The van der Waals surface area contributed by atoms with Gasteiger partial charge in [0.1, 0.15) is 5.82 Å². The number of halogens is 4. The molecule has 10 heteroatoms. The van der Waals surface area contributed by atoms with Crippen LogP contribution >= 0.6 is 11.6 Å². The van der Waals surface area contributed by atoms with Crippen LogP contribution in [0, 0.1) is 0 Å². The highest BCUT2D eigenvalue weighted by Gasteiger charge is 2.48. The molecule has 3 rings (SSSR count). The highest BCUT2D eigenvalue weighted by atomic mass is 35.5. The van der Waals surface area contributed by atoms with Crippen LogP contribution in [0.5, 0.6) is 0 Å². The first-order chi connectivity index (χ1) is 12.2. The summed E-state index contributed by atoms with van der Waals surface area (Å²) in [6.07, 6.45) is 1.61. The van der Waals surface area contributed by atoms with Crippen LogP contribution in [-0.4, -0.2) is 45.1 Å². The molecule has 1 aromatic carbocycles. The van der Waals surface area contributed by atoms with Gasteiger partial charge in [-0.2, -0.15) is 13.2 Å².